The molecular weight excluding hydrogens is 413 g/mol. The molecule has 1 aromatic carbocycles. The monoisotopic (exact) mass is 443 g/mol. The fraction of sp³-hybridized carbons (Fsp3) is 0.600. The lowest BCUT2D eigenvalue weighted by molar-refractivity contribution is -0.133. The minimum Gasteiger partial charge on any atom is -0.444 e. The molecule has 2 rings (SSSR count). The molecule has 1 aliphatic rings. The van der Waals surface area contributed by atoms with Gasteiger partial charge in [-0.15, -0.1) is 0 Å². The third-order valence-corrected chi connectivity index (χ3v) is 6.54. The van der Waals surface area contributed by atoms with Crippen LogP contribution in [-0.4, -0.2) is 79.9 Å². The number of benzene rings is 1. The lowest BCUT2D eigenvalue weighted by atomic mass is 10.2. The highest BCUT2D eigenvalue weighted by molar-refractivity contribution is 7.89. The van der Waals surface area contributed by atoms with Gasteiger partial charge in [0, 0.05) is 46.2 Å². The number of halogens is 1. The second-order valence-electron chi connectivity index (χ2n) is 8.23. The van der Waals surface area contributed by atoms with Gasteiger partial charge in [0.1, 0.15) is 11.4 Å². The summed E-state index contributed by atoms with van der Waals surface area (Å²) in [5, 5.41) is 0. The van der Waals surface area contributed by atoms with Gasteiger partial charge in [-0.1, -0.05) is 0 Å². The minimum atomic E-state index is -3.73. The maximum Gasteiger partial charge on any atom is 0.410 e. The quantitative estimate of drug-likeness (QED) is 0.673. The number of rotatable bonds is 6. The second-order valence-corrected chi connectivity index (χ2v) is 10.3. The molecule has 0 radical (unpaired) electrons. The molecule has 0 unspecified atom stereocenters. The van der Waals surface area contributed by atoms with Gasteiger partial charge in [-0.25, -0.2) is 21.9 Å². The van der Waals surface area contributed by atoms with Gasteiger partial charge in [0.2, 0.25) is 15.9 Å². The number of amides is 2. The number of hydrogen-bond donors (Lipinski definition) is 0. The van der Waals surface area contributed by atoms with Gasteiger partial charge in [-0.2, -0.15) is 0 Å². The third-order valence-electron chi connectivity index (χ3n) is 4.67. The van der Waals surface area contributed by atoms with Gasteiger partial charge in [0.25, 0.3) is 0 Å². The first-order valence-corrected chi connectivity index (χ1v) is 11.3. The van der Waals surface area contributed by atoms with Crippen molar-refractivity contribution in [3.05, 3.63) is 30.1 Å². The topological polar surface area (TPSA) is 87.2 Å². The number of nitrogens with zero attached hydrogens (tertiary/aromatic N) is 3. The minimum absolute atomic E-state index is 0.0102. The third kappa shape index (κ3) is 6.66. The van der Waals surface area contributed by atoms with E-state index in [0.717, 1.165) is 16.4 Å². The SMILES string of the molecule is CN(CCCC(=O)N1CCN(C(=O)OC(C)(C)C)CC1)S(=O)(=O)c1ccc(F)cc1. The van der Waals surface area contributed by atoms with Gasteiger partial charge in [0.05, 0.1) is 4.90 Å². The molecule has 10 heteroatoms. The maximum atomic E-state index is 13.0. The zero-order chi connectivity index (χ0) is 22.5. The van der Waals surface area contributed by atoms with Crippen LogP contribution in [0.4, 0.5) is 9.18 Å². The van der Waals surface area contributed by atoms with E-state index in [1.165, 1.54) is 19.2 Å². The average Bonchev–Trinajstić information content (AvgIpc) is 2.67. The van der Waals surface area contributed by atoms with Crippen molar-refractivity contribution in [2.75, 3.05) is 39.8 Å². The van der Waals surface area contributed by atoms with E-state index < -0.39 is 21.4 Å². The summed E-state index contributed by atoms with van der Waals surface area (Å²) in [5.41, 5.74) is -0.565. The Morgan fingerprint density at radius 1 is 1.07 bits per heavy atom. The highest BCUT2D eigenvalue weighted by atomic mass is 32.2. The maximum absolute atomic E-state index is 13.0. The Balaban J connectivity index is 1.77. The molecule has 0 saturated carbocycles. The molecule has 1 fully saturated rings. The first kappa shape index (κ1) is 24.1. The van der Waals surface area contributed by atoms with Crippen LogP contribution in [0.25, 0.3) is 0 Å². The Labute approximate surface area is 177 Å². The molecule has 168 valence electrons. The Morgan fingerprint density at radius 2 is 1.60 bits per heavy atom. The van der Waals surface area contributed by atoms with Crippen LogP contribution in [-0.2, 0) is 19.6 Å². The molecule has 30 heavy (non-hydrogen) atoms. The van der Waals surface area contributed by atoms with E-state index in [1.54, 1.807) is 30.6 Å². The summed E-state index contributed by atoms with van der Waals surface area (Å²) >= 11 is 0. The first-order valence-electron chi connectivity index (χ1n) is 9.88. The molecule has 8 nitrogen and oxygen atoms in total. The molecule has 0 bridgehead atoms. The van der Waals surface area contributed by atoms with Crippen molar-refractivity contribution in [3.8, 4) is 0 Å². The van der Waals surface area contributed by atoms with Crippen LogP contribution in [0.2, 0.25) is 0 Å². The van der Waals surface area contributed by atoms with E-state index in [-0.39, 0.29) is 29.9 Å². The van der Waals surface area contributed by atoms with E-state index in [2.05, 4.69) is 0 Å². The summed E-state index contributed by atoms with van der Waals surface area (Å²) in [5.74, 6) is -0.583. The summed E-state index contributed by atoms with van der Waals surface area (Å²) in [6.45, 7) is 7.22. The summed E-state index contributed by atoms with van der Waals surface area (Å²) in [7, 11) is -2.29. The molecule has 0 aromatic heterocycles. The van der Waals surface area contributed by atoms with Gasteiger partial charge in [-0.3, -0.25) is 4.79 Å². The Hall–Kier alpha value is -2.20. The molecule has 0 N–H and O–H groups in total. The molecule has 2 amide bonds. The summed E-state index contributed by atoms with van der Waals surface area (Å²) in [6.07, 6.45) is 0.180. The molecule has 0 atom stereocenters. The van der Waals surface area contributed by atoms with E-state index in [4.69, 9.17) is 4.74 Å². The van der Waals surface area contributed by atoms with Crippen LogP contribution < -0.4 is 0 Å². The molecular formula is C20H30FN3O5S. The molecule has 0 spiro atoms. The highest BCUT2D eigenvalue weighted by Crippen LogP contribution is 2.16. The van der Waals surface area contributed by atoms with Crippen molar-refractivity contribution in [2.45, 2.75) is 44.1 Å². The zero-order valence-electron chi connectivity index (χ0n) is 17.9. The van der Waals surface area contributed by atoms with E-state index in [1.807, 2.05) is 0 Å². The largest absolute Gasteiger partial charge is 0.444 e. The van der Waals surface area contributed by atoms with Crippen LogP contribution in [0.1, 0.15) is 33.6 Å². The standard InChI is InChI=1S/C20H30FN3O5S/c1-20(2,3)29-19(26)24-14-12-23(13-15-24)18(25)6-5-11-22(4)30(27,28)17-9-7-16(21)8-10-17/h7-10H,5-6,11-15H2,1-4H3. The normalized spacial score (nSPS) is 15.4. The summed E-state index contributed by atoms with van der Waals surface area (Å²) < 4.78 is 44.5. The summed E-state index contributed by atoms with van der Waals surface area (Å²) in [4.78, 5) is 27.8. The lowest BCUT2D eigenvalue weighted by Gasteiger charge is -2.35. The lowest BCUT2D eigenvalue weighted by Crippen LogP contribution is -2.51. The number of ether oxygens (including phenoxy) is 1. The highest BCUT2D eigenvalue weighted by Gasteiger charge is 2.28. The van der Waals surface area contributed by atoms with Crippen molar-refractivity contribution in [1.82, 2.24) is 14.1 Å². The van der Waals surface area contributed by atoms with Crippen molar-refractivity contribution >= 4 is 22.0 Å². The summed E-state index contributed by atoms with van der Waals surface area (Å²) in [6, 6.07) is 4.63. The van der Waals surface area contributed by atoms with Crippen LogP contribution in [0.15, 0.2) is 29.2 Å². The van der Waals surface area contributed by atoms with Gasteiger partial charge < -0.3 is 14.5 Å². The van der Waals surface area contributed by atoms with Gasteiger partial charge in [-0.05, 0) is 51.5 Å². The Bertz CT molecular complexity index is 844. The number of sulfonamides is 1. The van der Waals surface area contributed by atoms with E-state index in [9.17, 15) is 22.4 Å². The zero-order valence-corrected chi connectivity index (χ0v) is 18.7. The molecule has 1 aliphatic heterocycles. The van der Waals surface area contributed by atoms with Crippen molar-refractivity contribution in [3.63, 3.8) is 0 Å². The average molecular weight is 444 g/mol. The van der Waals surface area contributed by atoms with Crippen LogP contribution in [0, 0.1) is 5.82 Å². The van der Waals surface area contributed by atoms with Crippen LogP contribution in [0.5, 0.6) is 0 Å². The van der Waals surface area contributed by atoms with Gasteiger partial charge >= 0.3 is 6.09 Å². The Morgan fingerprint density at radius 3 is 2.13 bits per heavy atom. The molecule has 1 aromatic rings. The fourth-order valence-corrected chi connectivity index (χ4v) is 4.19. The second kappa shape index (κ2) is 9.74. The molecule has 1 saturated heterocycles. The Kier molecular flexibility index (Phi) is 7.81. The van der Waals surface area contributed by atoms with Crippen molar-refractivity contribution in [1.29, 1.82) is 0 Å². The predicted octanol–water partition coefficient (Wildman–Crippen LogP) is 2.31. The first-order chi connectivity index (χ1) is 13.9. The van der Waals surface area contributed by atoms with E-state index >= 15 is 0 Å². The molecule has 1 heterocycles. The van der Waals surface area contributed by atoms with Gasteiger partial charge in [0.15, 0.2) is 0 Å². The number of carbonyl (C=O) groups is 2. The predicted molar refractivity (Wildman–Crippen MR) is 110 cm³/mol. The van der Waals surface area contributed by atoms with Crippen LogP contribution in [0.3, 0.4) is 0 Å². The fourth-order valence-electron chi connectivity index (χ4n) is 2.98. The van der Waals surface area contributed by atoms with Crippen molar-refractivity contribution in [2.24, 2.45) is 0 Å². The smallest absolute Gasteiger partial charge is 0.410 e. The van der Waals surface area contributed by atoms with Crippen molar-refractivity contribution < 1.29 is 27.1 Å². The van der Waals surface area contributed by atoms with E-state index in [0.29, 0.717) is 32.6 Å². The molecule has 0 aliphatic carbocycles. The number of carbonyl (C=O) groups excluding carboxylic acids is 2. The number of piperazine rings is 1. The van der Waals surface area contributed by atoms with Crippen LogP contribution >= 0.6 is 0 Å². The number of hydrogen-bond acceptors (Lipinski definition) is 5.